The van der Waals surface area contributed by atoms with Gasteiger partial charge in [0.1, 0.15) is 5.82 Å². The minimum absolute atomic E-state index is 0.00928. The van der Waals surface area contributed by atoms with Crippen LogP contribution in [0.25, 0.3) is 0 Å². The number of rotatable bonds is 4. The molecule has 0 amide bonds. The molecule has 4 nitrogen and oxygen atoms in total. The van der Waals surface area contributed by atoms with Crippen molar-refractivity contribution in [2.24, 2.45) is 0 Å². The first-order chi connectivity index (χ1) is 8.99. The molecule has 0 bridgehead atoms. The Morgan fingerprint density at radius 2 is 2.21 bits per heavy atom. The van der Waals surface area contributed by atoms with Crippen LogP contribution >= 0.6 is 0 Å². The van der Waals surface area contributed by atoms with Crippen LogP contribution in [0.2, 0.25) is 0 Å². The second-order valence-corrected chi connectivity index (χ2v) is 6.04. The maximum Gasteiger partial charge on any atom is 0.129 e. The summed E-state index contributed by atoms with van der Waals surface area (Å²) >= 11 is 0. The molecule has 0 saturated carbocycles. The van der Waals surface area contributed by atoms with Crippen molar-refractivity contribution in [1.82, 2.24) is 10.3 Å². The molecule has 1 aliphatic heterocycles. The molecule has 0 unspecified atom stereocenters. The number of ether oxygens (including phenoxy) is 1. The van der Waals surface area contributed by atoms with E-state index >= 15 is 0 Å². The predicted molar refractivity (Wildman–Crippen MR) is 78.5 cm³/mol. The van der Waals surface area contributed by atoms with Crippen LogP contribution in [0, 0.1) is 0 Å². The molecule has 1 N–H and O–H groups in total. The zero-order chi connectivity index (χ0) is 13.9. The summed E-state index contributed by atoms with van der Waals surface area (Å²) in [6.07, 6.45) is 0. The second-order valence-electron chi connectivity index (χ2n) is 6.04. The van der Waals surface area contributed by atoms with Gasteiger partial charge >= 0.3 is 0 Å². The molecule has 1 aromatic heterocycles. The Balaban J connectivity index is 2.13. The van der Waals surface area contributed by atoms with Gasteiger partial charge in [-0.1, -0.05) is 19.9 Å². The van der Waals surface area contributed by atoms with Gasteiger partial charge in [0.15, 0.2) is 0 Å². The fourth-order valence-electron chi connectivity index (χ4n) is 2.31. The van der Waals surface area contributed by atoms with Crippen LogP contribution in [0.15, 0.2) is 18.2 Å². The number of hydrogen-bond donors (Lipinski definition) is 1. The van der Waals surface area contributed by atoms with Gasteiger partial charge in [-0.3, -0.25) is 0 Å². The van der Waals surface area contributed by atoms with Crippen LogP contribution in [-0.4, -0.2) is 36.3 Å². The van der Waals surface area contributed by atoms with Gasteiger partial charge in [0.2, 0.25) is 0 Å². The molecule has 106 valence electrons. The Morgan fingerprint density at radius 1 is 1.42 bits per heavy atom. The van der Waals surface area contributed by atoms with Crippen molar-refractivity contribution < 1.29 is 4.74 Å². The van der Waals surface area contributed by atoms with Gasteiger partial charge in [0.05, 0.1) is 24.4 Å². The first kappa shape index (κ1) is 14.3. The van der Waals surface area contributed by atoms with E-state index in [0.29, 0.717) is 6.04 Å². The Bertz CT molecular complexity index is 418. The Morgan fingerprint density at radius 3 is 2.89 bits per heavy atom. The van der Waals surface area contributed by atoms with Crippen LogP contribution in [0.5, 0.6) is 0 Å². The number of nitrogens with zero attached hydrogens (tertiary/aromatic N) is 2. The van der Waals surface area contributed by atoms with E-state index in [1.165, 1.54) is 0 Å². The van der Waals surface area contributed by atoms with Crippen LogP contribution in [0.1, 0.15) is 33.4 Å². The minimum atomic E-state index is 0.00928. The van der Waals surface area contributed by atoms with E-state index in [9.17, 15) is 0 Å². The van der Waals surface area contributed by atoms with Crippen molar-refractivity contribution in [3.8, 4) is 0 Å². The van der Waals surface area contributed by atoms with Gasteiger partial charge in [0, 0.05) is 19.1 Å². The highest BCUT2D eigenvalue weighted by atomic mass is 16.5. The van der Waals surface area contributed by atoms with E-state index in [2.05, 4.69) is 56.1 Å². The molecular formula is C15H25N3O. The second kappa shape index (κ2) is 5.88. The summed E-state index contributed by atoms with van der Waals surface area (Å²) in [6.45, 7) is 11.9. The lowest BCUT2D eigenvalue weighted by Crippen LogP contribution is -2.53. The number of aromatic nitrogens is 1. The average molecular weight is 263 g/mol. The molecule has 1 fully saturated rings. The largest absolute Gasteiger partial charge is 0.377 e. The van der Waals surface area contributed by atoms with Gasteiger partial charge in [-0.25, -0.2) is 4.98 Å². The van der Waals surface area contributed by atoms with Gasteiger partial charge in [-0.15, -0.1) is 0 Å². The maximum absolute atomic E-state index is 5.56. The number of anilines is 1. The number of morpholine rings is 1. The molecule has 0 aliphatic carbocycles. The molecule has 0 radical (unpaired) electrons. The van der Waals surface area contributed by atoms with Gasteiger partial charge in [-0.2, -0.15) is 0 Å². The van der Waals surface area contributed by atoms with Crippen LogP contribution in [-0.2, 0) is 11.3 Å². The fourth-order valence-corrected chi connectivity index (χ4v) is 2.31. The van der Waals surface area contributed by atoms with E-state index in [1.54, 1.807) is 0 Å². The molecule has 1 saturated heterocycles. The van der Waals surface area contributed by atoms with E-state index in [-0.39, 0.29) is 5.54 Å². The fraction of sp³-hybridized carbons (Fsp3) is 0.667. The summed E-state index contributed by atoms with van der Waals surface area (Å²) in [5.41, 5.74) is 1.10. The van der Waals surface area contributed by atoms with Crippen molar-refractivity contribution >= 4 is 5.82 Å². The number of pyridine rings is 1. The lowest BCUT2D eigenvalue weighted by atomic mass is 10.0. The third-order valence-corrected chi connectivity index (χ3v) is 3.41. The maximum atomic E-state index is 5.56. The van der Waals surface area contributed by atoms with Crippen LogP contribution < -0.4 is 10.2 Å². The van der Waals surface area contributed by atoms with E-state index < -0.39 is 0 Å². The first-order valence-corrected chi connectivity index (χ1v) is 7.04. The molecule has 4 heteroatoms. The summed E-state index contributed by atoms with van der Waals surface area (Å²) in [5, 5.41) is 3.41. The van der Waals surface area contributed by atoms with E-state index in [1.807, 2.05) is 0 Å². The predicted octanol–water partition coefficient (Wildman–Crippen LogP) is 2.19. The molecule has 0 aromatic carbocycles. The number of hydrogen-bond acceptors (Lipinski definition) is 4. The van der Waals surface area contributed by atoms with E-state index in [4.69, 9.17) is 9.72 Å². The lowest BCUT2D eigenvalue weighted by Gasteiger charge is -2.43. The SMILES string of the molecule is CC(C)NCc1cccc(N2CCOCC2(C)C)n1. The molecular weight excluding hydrogens is 238 g/mol. The quantitative estimate of drug-likeness (QED) is 0.903. The van der Waals surface area contributed by atoms with Crippen molar-refractivity contribution in [3.63, 3.8) is 0 Å². The summed E-state index contributed by atoms with van der Waals surface area (Å²) in [7, 11) is 0. The standard InChI is InChI=1S/C15H25N3O/c1-12(2)16-10-13-6-5-7-14(17-13)18-8-9-19-11-15(18,3)4/h5-7,12,16H,8-11H2,1-4H3. The van der Waals surface area contributed by atoms with Gasteiger partial charge < -0.3 is 15.0 Å². The van der Waals surface area contributed by atoms with Crippen molar-refractivity contribution in [1.29, 1.82) is 0 Å². The van der Waals surface area contributed by atoms with Crippen LogP contribution in [0.4, 0.5) is 5.82 Å². The van der Waals surface area contributed by atoms with Crippen molar-refractivity contribution in [2.45, 2.75) is 45.8 Å². The molecule has 1 aliphatic rings. The van der Waals surface area contributed by atoms with Crippen LogP contribution in [0.3, 0.4) is 0 Å². The summed E-state index contributed by atoms with van der Waals surface area (Å²) in [6, 6.07) is 6.73. The summed E-state index contributed by atoms with van der Waals surface area (Å²) in [5.74, 6) is 1.05. The Hall–Kier alpha value is -1.13. The zero-order valence-corrected chi connectivity index (χ0v) is 12.4. The van der Waals surface area contributed by atoms with Crippen molar-refractivity contribution in [2.75, 3.05) is 24.7 Å². The smallest absolute Gasteiger partial charge is 0.129 e. The molecule has 0 spiro atoms. The zero-order valence-electron chi connectivity index (χ0n) is 12.4. The monoisotopic (exact) mass is 263 g/mol. The molecule has 2 heterocycles. The Labute approximate surface area is 116 Å². The highest BCUT2D eigenvalue weighted by Gasteiger charge is 2.31. The van der Waals surface area contributed by atoms with E-state index in [0.717, 1.165) is 37.8 Å². The highest BCUT2D eigenvalue weighted by Crippen LogP contribution is 2.25. The normalized spacial score (nSPS) is 18.9. The first-order valence-electron chi connectivity index (χ1n) is 7.04. The molecule has 1 aromatic rings. The topological polar surface area (TPSA) is 37.4 Å². The minimum Gasteiger partial charge on any atom is -0.377 e. The summed E-state index contributed by atoms with van der Waals surface area (Å²) in [4.78, 5) is 7.11. The average Bonchev–Trinajstić information content (AvgIpc) is 2.36. The van der Waals surface area contributed by atoms with Crippen molar-refractivity contribution in [3.05, 3.63) is 23.9 Å². The van der Waals surface area contributed by atoms with Gasteiger partial charge in [-0.05, 0) is 26.0 Å². The molecule has 2 rings (SSSR count). The van der Waals surface area contributed by atoms with Gasteiger partial charge in [0.25, 0.3) is 0 Å². The molecule has 19 heavy (non-hydrogen) atoms. The summed E-state index contributed by atoms with van der Waals surface area (Å²) < 4.78 is 5.56. The lowest BCUT2D eigenvalue weighted by molar-refractivity contribution is 0.0639. The molecule has 0 atom stereocenters. The third kappa shape index (κ3) is 3.67. The highest BCUT2D eigenvalue weighted by molar-refractivity contribution is 5.43. The Kier molecular flexibility index (Phi) is 4.42. The number of nitrogens with one attached hydrogen (secondary N) is 1. The third-order valence-electron chi connectivity index (χ3n) is 3.41.